The number of nitrogens with zero attached hydrogens (tertiary/aromatic N) is 3. The summed E-state index contributed by atoms with van der Waals surface area (Å²) in [6, 6.07) is 14.2. The summed E-state index contributed by atoms with van der Waals surface area (Å²) < 4.78 is 47.8. The molecule has 4 rings (SSSR count). The number of aromatic amines is 1. The average molecular weight is 454 g/mol. The molecule has 0 spiro atoms. The number of imidazole rings is 1. The number of aromatic nitrogens is 4. The van der Waals surface area contributed by atoms with Gasteiger partial charge in [-0.1, -0.05) is 30.3 Å². The third-order valence-corrected chi connectivity index (χ3v) is 4.73. The molecule has 0 bridgehead atoms. The second-order valence-electron chi connectivity index (χ2n) is 6.97. The van der Waals surface area contributed by atoms with Crippen LogP contribution >= 0.6 is 0 Å². The van der Waals surface area contributed by atoms with Gasteiger partial charge in [-0.3, -0.25) is 4.98 Å². The van der Waals surface area contributed by atoms with Crippen molar-refractivity contribution in [3.05, 3.63) is 66.6 Å². The molecular formula is C23H17F3N4O3. The third kappa shape index (κ3) is 4.69. The lowest BCUT2D eigenvalue weighted by molar-refractivity contribution is -0.189. The van der Waals surface area contributed by atoms with E-state index in [9.17, 15) is 18.0 Å². The van der Waals surface area contributed by atoms with Gasteiger partial charge in [0, 0.05) is 23.0 Å². The van der Waals surface area contributed by atoms with E-state index in [4.69, 9.17) is 4.74 Å². The molecule has 0 aliphatic heterocycles. The van der Waals surface area contributed by atoms with Crippen LogP contribution in [0.1, 0.15) is 5.69 Å². The second kappa shape index (κ2) is 8.73. The Bertz CT molecular complexity index is 1300. The van der Waals surface area contributed by atoms with Crippen molar-refractivity contribution in [1.82, 2.24) is 19.9 Å². The van der Waals surface area contributed by atoms with Crippen molar-refractivity contribution >= 4 is 5.97 Å². The third-order valence-electron chi connectivity index (χ3n) is 4.73. The number of pyridine rings is 2. The SMILES string of the molecule is COc1cnc(OC(=O)C(F)(F)F)c(-c2ccnc(-c3nc(-c4ccccc4)c(C)[nH]3)c2)c1. The highest BCUT2D eigenvalue weighted by Crippen LogP contribution is 2.34. The van der Waals surface area contributed by atoms with Gasteiger partial charge >= 0.3 is 12.1 Å². The number of alkyl halides is 3. The number of rotatable bonds is 5. The summed E-state index contributed by atoms with van der Waals surface area (Å²) in [4.78, 5) is 27.3. The number of ether oxygens (including phenoxy) is 2. The zero-order valence-corrected chi connectivity index (χ0v) is 17.5. The molecule has 1 aromatic carbocycles. The first-order valence-corrected chi connectivity index (χ1v) is 9.68. The molecule has 168 valence electrons. The molecule has 4 aromatic rings. The number of hydrogen-bond acceptors (Lipinski definition) is 6. The van der Waals surface area contributed by atoms with E-state index < -0.39 is 18.0 Å². The summed E-state index contributed by atoms with van der Waals surface area (Å²) in [7, 11) is 1.39. The Balaban J connectivity index is 1.75. The van der Waals surface area contributed by atoms with Gasteiger partial charge in [-0.25, -0.2) is 14.8 Å². The maximum atomic E-state index is 12.7. The van der Waals surface area contributed by atoms with E-state index in [1.54, 1.807) is 12.1 Å². The number of carbonyl (C=O) groups excluding carboxylic acids is 1. The van der Waals surface area contributed by atoms with Gasteiger partial charge in [-0.15, -0.1) is 0 Å². The van der Waals surface area contributed by atoms with Crippen LogP contribution in [0.5, 0.6) is 11.6 Å². The molecular weight excluding hydrogens is 437 g/mol. The van der Waals surface area contributed by atoms with Gasteiger partial charge in [0.1, 0.15) is 11.4 Å². The molecule has 0 unspecified atom stereocenters. The Morgan fingerprint density at radius 3 is 2.48 bits per heavy atom. The molecule has 0 amide bonds. The van der Waals surface area contributed by atoms with Gasteiger partial charge < -0.3 is 14.5 Å². The zero-order valence-electron chi connectivity index (χ0n) is 17.5. The number of esters is 1. The standard InChI is InChI=1S/C23H17F3N4O3/c1-13-19(14-6-4-3-5-7-14)30-20(29-13)18-10-15(8-9-27-18)17-11-16(32-2)12-28-21(17)33-22(31)23(24,25)26/h3-12H,1-2H3,(H,29,30). The monoisotopic (exact) mass is 454 g/mol. The first kappa shape index (κ1) is 22.0. The lowest BCUT2D eigenvalue weighted by atomic mass is 10.1. The molecule has 0 saturated heterocycles. The van der Waals surface area contributed by atoms with Crippen LogP contribution in [0.2, 0.25) is 0 Å². The molecule has 3 aromatic heterocycles. The number of halogens is 3. The molecule has 33 heavy (non-hydrogen) atoms. The van der Waals surface area contributed by atoms with Crippen molar-refractivity contribution in [2.24, 2.45) is 0 Å². The smallest absolute Gasteiger partial charge is 0.491 e. The highest BCUT2D eigenvalue weighted by atomic mass is 19.4. The molecule has 10 heteroatoms. The summed E-state index contributed by atoms with van der Waals surface area (Å²) in [5, 5.41) is 0. The second-order valence-corrected chi connectivity index (χ2v) is 6.97. The molecule has 0 fully saturated rings. The van der Waals surface area contributed by atoms with Gasteiger partial charge in [-0.05, 0) is 30.7 Å². The minimum Gasteiger partial charge on any atom is -0.495 e. The quantitative estimate of drug-likeness (QED) is 0.428. The predicted octanol–water partition coefficient (Wildman–Crippen LogP) is 4.99. The fraction of sp³-hybridized carbons (Fsp3) is 0.130. The van der Waals surface area contributed by atoms with E-state index in [1.165, 1.54) is 19.4 Å². The Morgan fingerprint density at radius 1 is 1.03 bits per heavy atom. The van der Waals surface area contributed by atoms with E-state index in [0.29, 0.717) is 17.1 Å². The molecule has 0 saturated carbocycles. The van der Waals surface area contributed by atoms with E-state index >= 15 is 0 Å². The highest BCUT2D eigenvalue weighted by molar-refractivity contribution is 5.81. The highest BCUT2D eigenvalue weighted by Gasteiger charge is 2.42. The number of methoxy groups -OCH3 is 1. The first-order chi connectivity index (χ1) is 15.8. The summed E-state index contributed by atoms with van der Waals surface area (Å²) in [6.07, 6.45) is -2.53. The van der Waals surface area contributed by atoms with Crippen LogP contribution in [-0.2, 0) is 4.79 Å². The number of nitrogens with one attached hydrogen (secondary N) is 1. The van der Waals surface area contributed by atoms with Crippen LogP contribution in [0.15, 0.2) is 60.9 Å². The lowest BCUT2D eigenvalue weighted by Crippen LogP contribution is -2.28. The molecule has 0 aliphatic rings. The van der Waals surface area contributed by atoms with Crippen molar-refractivity contribution in [2.45, 2.75) is 13.1 Å². The maximum Gasteiger partial charge on any atom is 0.491 e. The van der Waals surface area contributed by atoms with Gasteiger partial charge in [0.2, 0.25) is 5.88 Å². The molecule has 1 N–H and O–H groups in total. The fourth-order valence-corrected chi connectivity index (χ4v) is 3.16. The van der Waals surface area contributed by atoms with Gasteiger partial charge in [-0.2, -0.15) is 13.2 Å². The fourth-order valence-electron chi connectivity index (χ4n) is 3.16. The van der Waals surface area contributed by atoms with Crippen molar-refractivity contribution in [1.29, 1.82) is 0 Å². The van der Waals surface area contributed by atoms with Crippen LogP contribution < -0.4 is 9.47 Å². The zero-order chi connectivity index (χ0) is 23.6. The number of aryl methyl sites for hydroxylation is 1. The summed E-state index contributed by atoms with van der Waals surface area (Å²) in [5.41, 5.74) is 3.47. The largest absolute Gasteiger partial charge is 0.495 e. The minimum atomic E-state index is -5.16. The summed E-state index contributed by atoms with van der Waals surface area (Å²) >= 11 is 0. The lowest BCUT2D eigenvalue weighted by Gasteiger charge is -2.12. The predicted molar refractivity (Wildman–Crippen MR) is 113 cm³/mol. The Hall–Kier alpha value is -4.21. The van der Waals surface area contributed by atoms with Crippen LogP contribution in [0, 0.1) is 6.92 Å². The van der Waals surface area contributed by atoms with Crippen molar-refractivity contribution < 1.29 is 27.4 Å². The Morgan fingerprint density at radius 2 is 1.79 bits per heavy atom. The minimum absolute atomic E-state index is 0.127. The van der Waals surface area contributed by atoms with Crippen LogP contribution in [0.4, 0.5) is 13.2 Å². The van der Waals surface area contributed by atoms with Gasteiger partial charge in [0.15, 0.2) is 5.82 Å². The van der Waals surface area contributed by atoms with E-state index in [-0.39, 0.29) is 11.3 Å². The van der Waals surface area contributed by atoms with E-state index in [2.05, 4.69) is 24.7 Å². The summed E-state index contributed by atoms with van der Waals surface area (Å²) in [6.45, 7) is 1.88. The molecule has 7 nitrogen and oxygen atoms in total. The number of hydrogen-bond donors (Lipinski definition) is 1. The van der Waals surface area contributed by atoms with Gasteiger partial charge in [0.05, 0.1) is 19.0 Å². The Kier molecular flexibility index (Phi) is 5.82. The first-order valence-electron chi connectivity index (χ1n) is 9.68. The van der Waals surface area contributed by atoms with Crippen LogP contribution in [0.3, 0.4) is 0 Å². The molecule has 0 aliphatic carbocycles. The topological polar surface area (TPSA) is 90.0 Å². The Labute approximate surface area is 186 Å². The van der Waals surface area contributed by atoms with Crippen molar-refractivity contribution in [2.75, 3.05) is 7.11 Å². The molecule has 0 radical (unpaired) electrons. The van der Waals surface area contributed by atoms with Gasteiger partial charge in [0.25, 0.3) is 0 Å². The van der Waals surface area contributed by atoms with E-state index in [1.807, 2.05) is 37.3 Å². The number of carbonyl (C=O) groups is 1. The van der Waals surface area contributed by atoms with Crippen molar-refractivity contribution in [3.63, 3.8) is 0 Å². The van der Waals surface area contributed by atoms with Crippen LogP contribution in [0.25, 0.3) is 33.9 Å². The molecule has 3 heterocycles. The van der Waals surface area contributed by atoms with Crippen molar-refractivity contribution in [3.8, 4) is 45.5 Å². The van der Waals surface area contributed by atoms with Crippen LogP contribution in [-0.4, -0.2) is 39.2 Å². The number of H-pyrrole nitrogens is 1. The summed E-state index contributed by atoms with van der Waals surface area (Å²) in [5.74, 6) is -2.13. The van der Waals surface area contributed by atoms with E-state index in [0.717, 1.165) is 23.1 Å². The molecule has 0 atom stereocenters. The number of benzene rings is 1. The normalized spacial score (nSPS) is 11.3. The maximum absolute atomic E-state index is 12.7. The average Bonchev–Trinajstić information content (AvgIpc) is 3.21.